The van der Waals surface area contributed by atoms with Gasteiger partial charge in [-0.15, -0.1) is 0 Å². The molecule has 0 saturated carbocycles. The third kappa shape index (κ3) is 2.94. The molecule has 1 N–H and O–H groups in total. The Bertz CT molecular complexity index is 908. The minimum Gasteiger partial charge on any atom is -0.493 e. The maximum absolute atomic E-state index is 13.2. The van der Waals surface area contributed by atoms with Crippen molar-refractivity contribution >= 4 is 22.0 Å². The highest BCUT2D eigenvalue weighted by Crippen LogP contribution is 2.43. The van der Waals surface area contributed by atoms with E-state index in [0.717, 1.165) is 4.90 Å². The summed E-state index contributed by atoms with van der Waals surface area (Å²) in [6.45, 7) is 0.166. The van der Waals surface area contributed by atoms with Crippen LogP contribution in [0.2, 0.25) is 0 Å². The molecule has 0 aliphatic carbocycles. The number of likely N-dealkylation sites (N-methyl/N-ethyl adjacent to an activating group) is 1. The molecular formula is C17H23N3O7S. The second kappa shape index (κ2) is 7.13. The van der Waals surface area contributed by atoms with Crippen molar-refractivity contribution in [1.29, 1.82) is 0 Å². The molecule has 0 atom stereocenters. The summed E-state index contributed by atoms with van der Waals surface area (Å²) in [6.07, 6.45) is 0.382. The van der Waals surface area contributed by atoms with Crippen molar-refractivity contribution in [1.82, 2.24) is 14.5 Å². The summed E-state index contributed by atoms with van der Waals surface area (Å²) in [5, 5.41) is 2.69. The first kappa shape index (κ1) is 20.2. The molecule has 11 heteroatoms. The van der Waals surface area contributed by atoms with Gasteiger partial charge in [-0.1, -0.05) is 0 Å². The molecule has 0 unspecified atom stereocenters. The lowest BCUT2D eigenvalue weighted by Gasteiger charge is -2.36. The molecule has 3 rings (SSSR count). The Morgan fingerprint density at radius 1 is 1.00 bits per heavy atom. The number of amides is 3. The Kier molecular flexibility index (Phi) is 5.15. The lowest BCUT2D eigenvalue weighted by Crippen LogP contribution is -2.55. The van der Waals surface area contributed by atoms with E-state index in [0.29, 0.717) is 5.75 Å². The number of hydrogen-bond donors (Lipinski definition) is 1. The van der Waals surface area contributed by atoms with Crippen molar-refractivity contribution in [2.75, 3.05) is 41.5 Å². The first-order valence-corrected chi connectivity index (χ1v) is 10.1. The maximum atomic E-state index is 13.2. The van der Waals surface area contributed by atoms with Crippen molar-refractivity contribution < 1.29 is 32.2 Å². The Hall–Kier alpha value is -2.53. The monoisotopic (exact) mass is 413 g/mol. The van der Waals surface area contributed by atoms with Crippen LogP contribution in [0.1, 0.15) is 12.8 Å². The predicted molar refractivity (Wildman–Crippen MR) is 98.1 cm³/mol. The number of carbonyl (C=O) groups excluding carboxylic acids is 2. The summed E-state index contributed by atoms with van der Waals surface area (Å²) in [6, 6.07) is 2.42. The Morgan fingerprint density at radius 3 is 2.07 bits per heavy atom. The molecule has 2 saturated heterocycles. The molecule has 0 radical (unpaired) electrons. The van der Waals surface area contributed by atoms with Gasteiger partial charge in [-0.05, 0) is 25.0 Å². The quantitative estimate of drug-likeness (QED) is 0.696. The highest BCUT2D eigenvalue weighted by atomic mass is 32.2. The van der Waals surface area contributed by atoms with Crippen molar-refractivity contribution in [3.05, 3.63) is 12.1 Å². The van der Waals surface area contributed by atoms with E-state index in [9.17, 15) is 18.0 Å². The van der Waals surface area contributed by atoms with Crippen molar-refractivity contribution in [2.45, 2.75) is 23.3 Å². The molecule has 1 aromatic rings. The van der Waals surface area contributed by atoms with E-state index in [1.54, 1.807) is 0 Å². The topological polar surface area (TPSA) is 114 Å². The fraction of sp³-hybridized carbons (Fsp3) is 0.529. The number of imide groups is 1. The standard InChI is InChI=1S/C17H23N3O7S/c1-19-15(21)17(18-16(19)22)7-9-20(10-8-17)28(23,24)12-6-5-11(25-2)13(26-3)14(12)27-4/h5-6H,7-10H2,1-4H3,(H,18,22). The Labute approximate surface area is 163 Å². The van der Waals surface area contributed by atoms with Gasteiger partial charge in [0.25, 0.3) is 5.91 Å². The van der Waals surface area contributed by atoms with Gasteiger partial charge < -0.3 is 19.5 Å². The van der Waals surface area contributed by atoms with Crippen molar-refractivity contribution in [2.24, 2.45) is 0 Å². The molecule has 1 spiro atoms. The second-order valence-electron chi connectivity index (χ2n) is 6.61. The second-order valence-corrected chi connectivity index (χ2v) is 8.52. The third-order valence-electron chi connectivity index (χ3n) is 5.23. The number of sulfonamides is 1. The van der Waals surface area contributed by atoms with Crippen LogP contribution in [-0.4, -0.2) is 76.6 Å². The van der Waals surface area contributed by atoms with Gasteiger partial charge in [-0.2, -0.15) is 4.31 Å². The molecule has 28 heavy (non-hydrogen) atoms. The molecule has 2 heterocycles. The number of carbonyl (C=O) groups is 2. The van der Waals surface area contributed by atoms with E-state index in [1.807, 2.05) is 0 Å². The smallest absolute Gasteiger partial charge is 0.324 e. The van der Waals surface area contributed by atoms with Gasteiger partial charge in [0, 0.05) is 20.1 Å². The molecule has 2 aliphatic heterocycles. The first-order chi connectivity index (χ1) is 13.2. The molecule has 0 bridgehead atoms. The summed E-state index contributed by atoms with van der Waals surface area (Å²) >= 11 is 0. The number of ether oxygens (including phenoxy) is 3. The summed E-state index contributed by atoms with van der Waals surface area (Å²) in [5.41, 5.74) is -1.04. The number of piperidine rings is 1. The van der Waals surface area contributed by atoms with Gasteiger partial charge in [-0.3, -0.25) is 9.69 Å². The summed E-state index contributed by atoms with van der Waals surface area (Å²) in [4.78, 5) is 25.2. The fourth-order valence-electron chi connectivity index (χ4n) is 3.62. The van der Waals surface area contributed by atoms with Crippen molar-refractivity contribution in [3.63, 3.8) is 0 Å². The van der Waals surface area contributed by atoms with E-state index in [1.165, 1.54) is 44.8 Å². The highest BCUT2D eigenvalue weighted by molar-refractivity contribution is 7.89. The summed E-state index contributed by atoms with van der Waals surface area (Å²) in [5.74, 6) is 0.239. The van der Waals surface area contributed by atoms with Gasteiger partial charge in [0.15, 0.2) is 11.5 Å². The molecule has 154 valence electrons. The average molecular weight is 413 g/mol. The van der Waals surface area contributed by atoms with Crippen LogP contribution in [0.5, 0.6) is 17.2 Å². The Balaban J connectivity index is 1.90. The van der Waals surface area contributed by atoms with Crippen LogP contribution in [0.25, 0.3) is 0 Å². The molecule has 10 nitrogen and oxygen atoms in total. The van der Waals surface area contributed by atoms with Gasteiger partial charge >= 0.3 is 6.03 Å². The van der Waals surface area contributed by atoms with E-state index >= 15 is 0 Å². The summed E-state index contributed by atoms with van der Waals surface area (Å²) in [7, 11) is 1.68. The molecule has 3 amide bonds. The molecule has 1 aromatic carbocycles. The van der Waals surface area contributed by atoms with Crippen LogP contribution < -0.4 is 19.5 Å². The molecular weight excluding hydrogens is 390 g/mol. The maximum Gasteiger partial charge on any atom is 0.324 e. The third-order valence-corrected chi connectivity index (χ3v) is 7.15. The zero-order valence-corrected chi connectivity index (χ0v) is 17.0. The van der Waals surface area contributed by atoms with Gasteiger partial charge in [-0.25, -0.2) is 13.2 Å². The van der Waals surface area contributed by atoms with E-state index in [-0.39, 0.29) is 48.2 Å². The largest absolute Gasteiger partial charge is 0.493 e. The van der Waals surface area contributed by atoms with Gasteiger partial charge in [0.1, 0.15) is 10.4 Å². The van der Waals surface area contributed by atoms with E-state index in [2.05, 4.69) is 5.32 Å². The van der Waals surface area contributed by atoms with Crippen LogP contribution in [-0.2, 0) is 14.8 Å². The minimum absolute atomic E-state index is 0.0483. The first-order valence-electron chi connectivity index (χ1n) is 8.61. The number of nitrogens with one attached hydrogen (secondary N) is 1. The number of benzene rings is 1. The SMILES string of the molecule is COc1ccc(S(=O)(=O)N2CCC3(CC2)NC(=O)N(C)C3=O)c(OC)c1OC. The normalized spacial score (nSPS) is 19.6. The number of urea groups is 1. The van der Waals surface area contributed by atoms with Crippen LogP contribution >= 0.6 is 0 Å². The van der Waals surface area contributed by atoms with Crippen molar-refractivity contribution in [3.8, 4) is 17.2 Å². The van der Waals surface area contributed by atoms with Crippen LogP contribution in [0.15, 0.2) is 17.0 Å². The molecule has 2 fully saturated rings. The lowest BCUT2D eigenvalue weighted by atomic mass is 9.88. The number of hydrogen-bond acceptors (Lipinski definition) is 7. The lowest BCUT2D eigenvalue weighted by molar-refractivity contribution is -0.131. The zero-order chi connectivity index (χ0) is 20.7. The Morgan fingerprint density at radius 2 is 1.61 bits per heavy atom. The highest BCUT2D eigenvalue weighted by Gasteiger charge is 2.52. The number of rotatable bonds is 5. The van der Waals surface area contributed by atoms with Gasteiger partial charge in [0.05, 0.1) is 21.3 Å². The summed E-state index contributed by atoms with van der Waals surface area (Å²) < 4.78 is 43.5. The predicted octanol–water partition coefficient (Wildman–Crippen LogP) is 0.417. The van der Waals surface area contributed by atoms with Crippen LogP contribution in [0.3, 0.4) is 0 Å². The van der Waals surface area contributed by atoms with E-state index < -0.39 is 21.6 Å². The molecule has 0 aromatic heterocycles. The zero-order valence-electron chi connectivity index (χ0n) is 16.1. The van der Waals surface area contributed by atoms with Gasteiger partial charge in [0.2, 0.25) is 15.8 Å². The average Bonchev–Trinajstić information content (AvgIpc) is 2.90. The fourth-order valence-corrected chi connectivity index (χ4v) is 5.21. The number of methoxy groups -OCH3 is 3. The number of nitrogens with zero attached hydrogens (tertiary/aromatic N) is 2. The van der Waals surface area contributed by atoms with Crippen LogP contribution in [0.4, 0.5) is 4.79 Å². The van der Waals surface area contributed by atoms with Crippen LogP contribution in [0, 0.1) is 0 Å². The van der Waals surface area contributed by atoms with E-state index in [4.69, 9.17) is 14.2 Å². The minimum atomic E-state index is -3.92. The molecule has 2 aliphatic rings.